The van der Waals surface area contributed by atoms with E-state index in [2.05, 4.69) is 39.0 Å². The Morgan fingerprint density at radius 2 is 2.08 bits per heavy atom. The molecule has 0 heterocycles. The molecule has 0 aromatic heterocycles. The van der Waals surface area contributed by atoms with Crippen molar-refractivity contribution in [1.82, 2.24) is 0 Å². The first-order chi connectivity index (χ1) is 6.19. The molecule has 0 radical (unpaired) electrons. The Labute approximate surface area is 81.0 Å². The number of benzene rings is 1. The van der Waals surface area contributed by atoms with Gasteiger partial charge >= 0.3 is 0 Å². The first kappa shape index (κ1) is 10.3. The molecule has 0 aliphatic heterocycles. The van der Waals surface area contributed by atoms with Crippen LogP contribution < -0.4 is 5.73 Å². The van der Waals surface area contributed by atoms with E-state index in [4.69, 9.17) is 5.73 Å². The van der Waals surface area contributed by atoms with Crippen LogP contribution in [0.3, 0.4) is 0 Å². The van der Waals surface area contributed by atoms with Gasteiger partial charge in [0, 0.05) is 0 Å². The van der Waals surface area contributed by atoms with Crippen molar-refractivity contribution in [2.45, 2.75) is 33.1 Å². The minimum Gasteiger partial charge on any atom is -0.330 e. The van der Waals surface area contributed by atoms with Gasteiger partial charge in [0.25, 0.3) is 0 Å². The third-order valence-corrected chi connectivity index (χ3v) is 2.64. The molecule has 1 unspecified atom stereocenters. The molecule has 0 fully saturated rings. The zero-order valence-electron chi connectivity index (χ0n) is 8.80. The minimum absolute atomic E-state index is 0.478. The van der Waals surface area contributed by atoms with Crippen molar-refractivity contribution in [3.05, 3.63) is 34.9 Å². The summed E-state index contributed by atoms with van der Waals surface area (Å²) in [7, 11) is 0. The Morgan fingerprint density at radius 1 is 1.38 bits per heavy atom. The van der Waals surface area contributed by atoms with Crippen LogP contribution >= 0.6 is 0 Å². The van der Waals surface area contributed by atoms with Crippen LogP contribution in [0.15, 0.2) is 18.2 Å². The molecule has 1 nitrogen and oxygen atoms in total. The van der Waals surface area contributed by atoms with Gasteiger partial charge in [-0.1, -0.05) is 32.0 Å². The van der Waals surface area contributed by atoms with Gasteiger partial charge in [-0.05, 0) is 42.5 Å². The highest BCUT2D eigenvalue weighted by atomic mass is 14.5. The van der Waals surface area contributed by atoms with E-state index in [9.17, 15) is 0 Å². The molecule has 1 heteroatoms. The average Bonchev–Trinajstić information content (AvgIpc) is 2.17. The molecule has 0 amide bonds. The fraction of sp³-hybridized carbons (Fsp3) is 0.500. The number of hydrogen-bond acceptors (Lipinski definition) is 1. The van der Waals surface area contributed by atoms with E-state index in [1.165, 1.54) is 16.7 Å². The average molecular weight is 177 g/mol. The maximum absolute atomic E-state index is 5.66. The van der Waals surface area contributed by atoms with E-state index in [1.807, 2.05) is 0 Å². The lowest BCUT2D eigenvalue weighted by molar-refractivity contribution is 0.766. The molecule has 2 N–H and O–H groups in total. The SMILES string of the molecule is CCc1ccc(C)c(C(C)CN)c1. The molecule has 0 saturated heterocycles. The Bertz CT molecular complexity index is 278. The molecule has 72 valence electrons. The first-order valence-corrected chi connectivity index (χ1v) is 4.98. The van der Waals surface area contributed by atoms with Crippen LogP contribution in [0.1, 0.15) is 36.5 Å². The summed E-state index contributed by atoms with van der Waals surface area (Å²) in [6.45, 7) is 7.25. The van der Waals surface area contributed by atoms with Crippen molar-refractivity contribution in [2.75, 3.05) is 6.54 Å². The third kappa shape index (κ3) is 2.31. The summed E-state index contributed by atoms with van der Waals surface area (Å²) >= 11 is 0. The maximum atomic E-state index is 5.66. The number of hydrogen-bond donors (Lipinski definition) is 1. The molecule has 1 atom stereocenters. The summed E-state index contributed by atoms with van der Waals surface area (Å²) in [5.41, 5.74) is 9.83. The topological polar surface area (TPSA) is 26.0 Å². The van der Waals surface area contributed by atoms with Gasteiger partial charge in [0.1, 0.15) is 0 Å². The summed E-state index contributed by atoms with van der Waals surface area (Å²) in [4.78, 5) is 0. The maximum Gasteiger partial charge on any atom is -0.00108 e. The molecule has 1 aromatic rings. The van der Waals surface area contributed by atoms with Gasteiger partial charge in [0.2, 0.25) is 0 Å². The van der Waals surface area contributed by atoms with Crippen LogP contribution in [-0.2, 0) is 6.42 Å². The Kier molecular flexibility index (Phi) is 3.49. The molecule has 1 rings (SSSR count). The molecular weight excluding hydrogens is 158 g/mol. The number of aryl methyl sites for hydroxylation is 2. The number of rotatable bonds is 3. The summed E-state index contributed by atoms with van der Waals surface area (Å²) in [6.07, 6.45) is 1.10. The third-order valence-electron chi connectivity index (χ3n) is 2.64. The molecule has 0 aliphatic rings. The lowest BCUT2D eigenvalue weighted by Gasteiger charge is -2.13. The fourth-order valence-electron chi connectivity index (χ4n) is 1.57. The lowest BCUT2D eigenvalue weighted by atomic mass is 9.94. The van der Waals surface area contributed by atoms with E-state index < -0.39 is 0 Å². The molecule has 13 heavy (non-hydrogen) atoms. The monoisotopic (exact) mass is 177 g/mol. The summed E-state index contributed by atoms with van der Waals surface area (Å²) in [5.74, 6) is 0.478. The highest BCUT2D eigenvalue weighted by Gasteiger charge is 2.06. The fourth-order valence-corrected chi connectivity index (χ4v) is 1.57. The number of nitrogens with two attached hydrogens (primary N) is 1. The second-order valence-corrected chi connectivity index (χ2v) is 3.68. The minimum atomic E-state index is 0.478. The second-order valence-electron chi connectivity index (χ2n) is 3.68. The highest BCUT2D eigenvalue weighted by Crippen LogP contribution is 2.20. The predicted molar refractivity (Wildman–Crippen MR) is 58.0 cm³/mol. The predicted octanol–water partition coefficient (Wildman–Crippen LogP) is 2.62. The summed E-state index contributed by atoms with van der Waals surface area (Å²) in [5, 5.41) is 0. The van der Waals surface area contributed by atoms with Gasteiger partial charge in [0.15, 0.2) is 0 Å². The lowest BCUT2D eigenvalue weighted by Crippen LogP contribution is -2.10. The Morgan fingerprint density at radius 3 is 2.62 bits per heavy atom. The van der Waals surface area contributed by atoms with Gasteiger partial charge in [-0.3, -0.25) is 0 Å². The highest BCUT2D eigenvalue weighted by molar-refractivity contribution is 5.33. The van der Waals surface area contributed by atoms with Crippen LogP contribution in [0.2, 0.25) is 0 Å². The second kappa shape index (κ2) is 4.43. The van der Waals surface area contributed by atoms with Crippen molar-refractivity contribution in [3.63, 3.8) is 0 Å². The molecule has 0 saturated carbocycles. The van der Waals surface area contributed by atoms with E-state index >= 15 is 0 Å². The van der Waals surface area contributed by atoms with Crippen molar-refractivity contribution >= 4 is 0 Å². The normalized spacial score (nSPS) is 12.9. The van der Waals surface area contributed by atoms with Crippen molar-refractivity contribution in [1.29, 1.82) is 0 Å². The summed E-state index contributed by atoms with van der Waals surface area (Å²) < 4.78 is 0. The van der Waals surface area contributed by atoms with Crippen LogP contribution in [-0.4, -0.2) is 6.54 Å². The largest absolute Gasteiger partial charge is 0.330 e. The molecule has 0 bridgehead atoms. The molecular formula is C12H19N. The van der Waals surface area contributed by atoms with Gasteiger partial charge in [-0.2, -0.15) is 0 Å². The zero-order chi connectivity index (χ0) is 9.84. The zero-order valence-corrected chi connectivity index (χ0v) is 8.80. The van der Waals surface area contributed by atoms with E-state index in [0.29, 0.717) is 5.92 Å². The standard InChI is InChI=1S/C12H19N/c1-4-11-6-5-9(2)12(7-11)10(3)8-13/h5-7,10H,4,8,13H2,1-3H3. The van der Waals surface area contributed by atoms with Gasteiger partial charge < -0.3 is 5.73 Å². The Hall–Kier alpha value is -0.820. The van der Waals surface area contributed by atoms with E-state index in [-0.39, 0.29) is 0 Å². The van der Waals surface area contributed by atoms with Gasteiger partial charge in [-0.25, -0.2) is 0 Å². The molecule has 0 aliphatic carbocycles. The van der Waals surface area contributed by atoms with Crippen LogP contribution in [0.25, 0.3) is 0 Å². The van der Waals surface area contributed by atoms with E-state index in [0.717, 1.165) is 13.0 Å². The smallest absolute Gasteiger partial charge is 0.00108 e. The van der Waals surface area contributed by atoms with Gasteiger partial charge in [-0.15, -0.1) is 0 Å². The van der Waals surface area contributed by atoms with Crippen LogP contribution in [0.4, 0.5) is 0 Å². The molecule has 1 aromatic carbocycles. The quantitative estimate of drug-likeness (QED) is 0.754. The van der Waals surface area contributed by atoms with Gasteiger partial charge in [0.05, 0.1) is 0 Å². The summed E-state index contributed by atoms with van der Waals surface area (Å²) in [6, 6.07) is 6.68. The van der Waals surface area contributed by atoms with E-state index in [1.54, 1.807) is 0 Å². The first-order valence-electron chi connectivity index (χ1n) is 4.98. The molecule has 0 spiro atoms. The Balaban J connectivity index is 3.03. The van der Waals surface area contributed by atoms with Crippen LogP contribution in [0.5, 0.6) is 0 Å². The van der Waals surface area contributed by atoms with Crippen LogP contribution in [0, 0.1) is 6.92 Å². The van der Waals surface area contributed by atoms with Crippen molar-refractivity contribution in [2.24, 2.45) is 5.73 Å². The van der Waals surface area contributed by atoms with Crippen molar-refractivity contribution < 1.29 is 0 Å². The van der Waals surface area contributed by atoms with Crippen molar-refractivity contribution in [3.8, 4) is 0 Å².